The minimum Gasteiger partial charge on any atom is -0.387 e. The summed E-state index contributed by atoms with van der Waals surface area (Å²) in [7, 11) is 0. The summed E-state index contributed by atoms with van der Waals surface area (Å²) in [5.41, 5.74) is 5.02. The van der Waals surface area contributed by atoms with Gasteiger partial charge in [-0.2, -0.15) is 0 Å². The van der Waals surface area contributed by atoms with Gasteiger partial charge in [-0.25, -0.2) is 18.9 Å². The molecule has 9 heteroatoms. The zero-order chi connectivity index (χ0) is 22.2. The van der Waals surface area contributed by atoms with E-state index in [1.54, 1.807) is 35.3 Å². The van der Waals surface area contributed by atoms with Gasteiger partial charge in [-0.3, -0.25) is 4.57 Å². The van der Waals surface area contributed by atoms with Crippen molar-refractivity contribution in [3.63, 3.8) is 0 Å². The maximum Gasteiger partial charge on any atom is 0.192 e. The summed E-state index contributed by atoms with van der Waals surface area (Å²) in [4.78, 5) is 14.6. The van der Waals surface area contributed by atoms with Gasteiger partial charge in [-0.05, 0) is 49.7 Å². The molecular weight excluding hydrogens is 431 g/mol. The Balaban J connectivity index is 1.48. The molecule has 5 rings (SSSR count). The van der Waals surface area contributed by atoms with Crippen molar-refractivity contribution in [3.8, 4) is 5.69 Å². The summed E-state index contributed by atoms with van der Waals surface area (Å²) in [6, 6.07) is 13.7. The third-order valence-electron chi connectivity index (χ3n) is 5.33. The van der Waals surface area contributed by atoms with Gasteiger partial charge in [0.15, 0.2) is 23.7 Å². The molecule has 0 aliphatic carbocycles. The number of halogens is 2. The van der Waals surface area contributed by atoms with Crippen LogP contribution in [0.4, 0.5) is 4.39 Å². The lowest BCUT2D eigenvalue weighted by Crippen LogP contribution is -1.99. The molecule has 3 heterocycles. The second-order valence-electron chi connectivity index (χ2n) is 7.29. The van der Waals surface area contributed by atoms with Gasteiger partial charge in [0.25, 0.3) is 0 Å². The molecule has 0 amide bonds. The third-order valence-corrected chi connectivity index (χ3v) is 5.67. The van der Waals surface area contributed by atoms with Crippen LogP contribution in [0.15, 0.2) is 60.0 Å². The minimum absolute atomic E-state index is 0.0980. The Hall–Kier alpha value is -3.78. The zero-order valence-corrected chi connectivity index (χ0v) is 18.1. The predicted molar refractivity (Wildman–Crippen MR) is 121 cm³/mol. The van der Waals surface area contributed by atoms with Crippen LogP contribution in [0.1, 0.15) is 22.6 Å². The molecule has 3 aromatic heterocycles. The Kier molecular flexibility index (Phi) is 5.07. The molecule has 2 aromatic carbocycles. The molecule has 0 spiro atoms. The first-order chi connectivity index (χ1) is 15.5. The second kappa shape index (κ2) is 8.05. The average molecular weight is 449 g/mol. The van der Waals surface area contributed by atoms with Crippen molar-refractivity contribution < 1.29 is 9.23 Å². The van der Waals surface area contributed by atoms with E-state index >= 15 is 0 Å². The Morgan fingerprint density at radius 1 is 1.09 bits per heavy atom. The van der Waals surface area contributed by atoms with Crippen molar-refractivity contribution in [1.82, 2.24) is 24.1 Å². The molecule has 0 aliphatic rings. The summed E-state index contributed by atoms with van der Waals surface area (Å²) in [6.45, 7) is 4.11. The van der Waals surface area contributed by atoms with Crippen LogP contribution in [0.25, 0.3) is 22.4 Å². The van der Waals surface area contributed by atoms with Crippen molar-refractivity contribution in [1.29, 1.82) is 0 Å². The van der Waals surface area contributed by atoms with E-state index in [0.717, 1.165) is 33.5 Å². The minimum atomic E-state index is -0.283. The highest BCUT2D eigenvalue weighted by molar-refractivity contribution is 6.33. The van der Waals surface area contributed by atoms with E-state index in [0.29, 0.717) is 16.5 Å². The number of hydrogen-bond acceptors (Lipinski definition) is 5. The number of aromatic nitrogens is 5. The van der Waals surface area contributed by atoms with Crippen LogP contribution in [-0.4, -0.2) is 30.4 Å². The van der Waals surface area contributed by atoms with E-state index in [1.807, 2.05) is 36.6 Å². The van der Waals surface area contributed by atoms with Crippen molar-refractivity contribution >= 4 is 34.5 Å². The van der Waals surface area contributed by atoms with E-state index in [4.69, 9.17) is 16.4 Å². The quantitative estimate of drug-likeness (QED) is 0.279. The van der Waals surface area contributed by atoms with Crippen molar-refractivity contribution in [2.45, 2.75) is 20.5 Å². The molecule has 0 bridgehead atoms. The number of rotatable bonds is 5. The van der Waals surface area contributed by atoms with Crippen LogP contribution in [0.5, 0.6) is 0 Å². The van der Waals surface area contributed by atoms with E-state index in [-0.39, 0.29) is 12.4 Å². The molecule has 0 aliphatic heterocycles. The number of nitrogens with zero attached hydrogens (tertiary/aromatic N) is 6. The van der Waals surface area contributed by atoms with Crippen LogP contribution in [0.3, 0.4) is 0 Å². The van der Waals surface area contributed by atoms with Gasteiger partial charge < -0.3 is 4.84 Å². The SMILES string of the molecule is Cc1c(C)n(-c2ccc(F)cc2)c2ncn3nc(CO/N=C/c4ccccc4Cl)nc3c12. The van der Waals surface area contributed by atoms with E-state index in [2.05, 4.69) is 20.2 Å². The molecule has 0 atom stereocenters. The molecule has 0 unspecified atom stereocenters. The lowest BCUT2D eigenvalue weighted by Gasteiger charge is -2.07. The summed E-state index contributed by atoms with van der Waals surface area (Å²) in [5.74, 6) is 0.191. The fourth-order valence-corrected chi connectivity index (χ4v) is 3.83. The standard InChI is InChI=1S/C23H18ClFN6O/c1-14-15(2)31(18-9-7-17(25)8-10-18)22-21(14)23-28-20(29-30(23)13-26-22)12-32-27-11-16-5-3-4-6-19(16)24/h3-11,13H,12H2,1-2H3/b27-11+. The number of benzene rings is 2. The first kappa shape index (κ1) is 20.1. The first-order valence-corrected chi connectivity index (χ1v) is 10.3. The molecule has 0 radical (unpaired) electrons. The third kappa shape index (κ3) is 3.48. The van der Waals surface area contributed by atoms with Crippen LogP contribution < -0.4 is 0 Å². The van der Waals surface area contributed by atoms with Crippen LogP contribution >= 0.6 is 11.6 Å². The van der Waals surface area contributed by atoms with E-state index in [9.17, 15) is 4.39 Å². The van der Waals surface area contributed by atoms with Crippen molar-refractivity contribution in [2.75, 3.05) is 0 Å². The fraction of sp³-hybridized carbons (Fsp3) is 0.130. The van der Waals surface area contributed by atoms with E-state index in [1.165, 1.54) is 12.1 Å². The van der Waals surface area contributed by atoms with E-state index < -0.39 is 0 Å². The van der Waals surface area contributed by atoms with Crippen LogP contribution in [0, 0.1) is 19.7 Å². The Labute approximate surface area is 187 Å². The maximum atomic E-state index is 13.4. The molecule has 160 valence electrons. The second-order valence-corrected chi connectivity index (χ2v) is 7.70. The maximum absolute atomic E-state index is 13.4. The molecule has 0 saturated heterocycles. The van der Waals surface area contributed by atoms with Crippen LogP contribution in [0.2, 0.25) is 5.02 Å². The number of oxime groups is 1. The largest absolute Gasteiger partial charge is 0.387 e. The number of fused-ring (bicyclic) bond motifs is 3. The lowest BCUT2D eigenvalue weighted by atomic mass is 10.2. The van der Waals surface area contributed by atoms with Gasteiger partial charge in [0.05, 0.1) is 11.6 Å². The summed E-state index contributed by atoms with van der Waals surface area (Å²) in [6.07, 6.45) is 3.16. The van der Waals surface area contributed by atoms with Gasteiger partial charge in [0.1, 0.15) is 12.1 Å². The summed E-state index contributed by atoms with van der Waals surface area (Å²) < 4.78 is 17.0. The van der Waals surface area contributed by atoms with Crippen molar-refractivity contribution in [2.24, 2.45) is 5.16 Å². The van der Waals surface area contributed by atoms with Gasteiger partial charge >= 0.3 is 0 Å². The molecule has 0 saturated carbocycles. The highest BCUT2D eigenvalue weighted by Gasteiger charge is 2.19. The highest BCUT2D eigenvalue weighted by atomic mass is 35.5. The Morgan fingerprint density at radius 2 is 1.88 bits per heavy atom. The van der Waals surface area contributed by atoms with Gasteiger partial charge in [-0.1, -0.05) is 35.0 Å². The summed E-state index contributed by atoms with van der Waals surface area (Å²) >= 11 is 6.11. The normalized spacial score (nSPS) is 11.8. The molecule has 7 nitrogen and oxygen atoms in total. The zero-order valence-electron chi connectivity index (χ0n) is 17.3. The van der Waals surface area contributed by atoms with Gasteiger partial charge in [0.2, 0.25) is 0 Å². The highest BCUT2D eigenvalue weighted by Crippen LogP contribution is 2.29. The molecule has 0 N–H and O–H groups in total. The van der Waals surface area contributed by atoms with Gasteiger partial charge in [-0.15, -0.1) is 5.10 Å². The molecule has 5 aromatic rings. The molecule has 0 fully saturated rings. The first-order valence-electron chi connectivity index (χ1n) is 9.90. The molecule has 32 heavy (non-hydrogen) atoms. The molecular formula is C23H18ClFN6O. The van der Waals surface area contributed by atoms with Gasteiger partial charge in [0, 0.05) is 22.0 Å². The number of aryl methyl sites for hydroxylation is 1. The smallest absolute Gasteiger partial charge is 0.192 e. The summed E-state index contributed by atoms with van der Waals surface area (Å²) in [5, 5.41) is 9.89. The average Bonchev–Trinajstić information content (AvgIpc) is 3.31. The fourth-order valence-electron chi connectivity index (χ4n) is 3.64. The topological polar surface area (TPSA) is 69.6 Å². The Morgan fingerprint density at radius 3 is 2.66 bits per heavy atom. The van der Waals surface area contributed by atoms with Crippen LogP contribution in [-0.2, 0) is 11.4 Å². The number of hydrogen-bond donors (Lipinski definition) is 0. The lowest BCUT2D eigenvalue weighted by molar-refractivity contribution is 0.126. The Bertz CT molecular complexity index is 1470. The predicted octanol–water partition coefficient (Wildman–Crippen LogP) is 5.03. The van der Waals surface area contributed by atoms with Crippen molar-refractivity contribution in [3.05, 3.63) is 88.3 Å². The monoisotopic (exact) mass is 448 g/mol.